The fraction of sp³-hybridized carbons (Fsp3) is 0.444. The van der Waals surface area contributed by atoms with Gasteiger partial charge in [-0.25, -0.2) is 0 Å². The van der Waals surface area contributed by atoms with Gasteiger partial charge in [-0.1, -0.05) is 40.2 Å². The van der Waals surface area contributed by atoms with Gasteiger partial charge < -0.3 is 9.47 Å². The molecule has 0 radical (unpaired) electrons. The van der Waals surface area contributed by atoms with Gasteiger partial charge in [0.15, 0.2) is 0 Å². The summed E-state index contributed by atoms with van der Waals surface area (Å²) in [4.78, 5) is 0.337. The van der Waals surface area contributed by atoms with Crippen molar-refractivity contribution in [1.29, 1.82) is 0 Å². The third-order valence-electron chi connectivity index (χ3n) is 4.68. The van der Waals surface area contributed by atoms with Gasteiger partial charge in [-0.2, -0.15) is 0 Å². The van der Waals surface area contributed by atoms with E-state index in [0.717, 1.165) is 12.2 Å². The number of rotatable bonds is 5. The lowest BCUT2D eigenvalue weighted by Gasteiger charge is -2.42. The lowest BCUT2D eigenvalue weighted by molar-refractivity contribution is -0.0773. The minimum absolute atomic E-state index is 0.0863. The highest BCUT2D eigenvalue weighted by Crippen LogP contribution is 2.44. The van der Waals surface area contributed by atoms with Gasteiger partial charge in [-0.3, -0.25) is 0 Å². The maximum Gasteiger partial charge on any atom is 0.119 e. The molecule has 2 aromatic rings. The van der Waals surface area contributed by atoms with Gasteiger partial charge in [-0.05, 0) is 54.2 Å². The molecule has 0 amide bonds. The van der Waals surface area contributed by atoms with Gasteiger partial charge in [0.25, 0.3) is 0 Å². The third-order valence-corrected chi connectivity index (χ3v) is 5.53. The first-order valence-electron chi connectivity index (χ1n) is 7.43. The van der Waals surface area contributed by atoms with Crippen molar-refractivity contribution in [2.75, 3.05) is 14.2 Å². The van der Waals surface area contributed by atoms with E-state index in [0.29, 0.717) is 4.83 Å². The van der Waals surface area contributed by atoms with Gasteiger partial charge in [0, 0.05) is 11.9 Å². The maximum absolute atomic E-state index is 5.74. The fourth-order valence-corrected chi connectivity index (χ4v) is 3.95. The van der Waals surface area contributed by atoms with Crippen LogP contribution in [0.5, 0.6) is 5.75 Å². The summed E-state index contributed by atoms with van der Waals surface area (Å²) in [6, 6.07) is 12.8. The molecule has 3 rings (SSSR count). The van der Waals surface area contributed by atoms with Crippen LogP contribution in [0.2, 0.25) is 0 Å². The van der Waals surface area contributed by atoms with Gasteiger partial charge in [-0.15, -0.1) is 0 Å². The molecule has 112 valence electrons. The largest absolute Gasteiger partial charge is 0.497 e. The smallest absolute Gasteiger partial charge is 0.119 e. The Morgan fingerprint density at radius 2 is 1.81 bits per heavy atom. The van der Waals surface area contributed by atoms with E-state index in [1.165, 1.54) is 35.6 Å². The highest BCUT2D eigenvalue weighted by molar-refractivity contribution is 9.09. The Morgan fingerprint density at radius 1 is 1.10 bits per heavy atom. The normalized spacial score (nSPS) is 18.2. The van der Waals surface area contributed by atoms with Crippen LogP contribution in [0.4, 0.5) is 0 Å². The lowest BCUT2D eigenvalue weighted by Crippen LogP contribution is -2.39. The molecule has 2 nitrogen and oxygen atoms in total. The molecular weight excluding hydrogens is 328 g/mol. The fourth-order valence-electron chi connectivity index (χ4n) is 3.07. The zero-order valence-electron chi connectivity index (χ0n) is 12.6. The van der Waals surface area contributed by atoms with E-state index in [9.17, 15) is 0 Å². The van der Waals surface area contributed by atoms with Gasteiger partial charge >= 0.3 is 0 Å². The molecule has 1 aliphatic rings. The predicted molar refractivity (Wildman–Crippen MR) is 90.4 cm³/mol. The molecule has 0 aliphatic heterocycles. The summed E-state index contributed by atoms with van der Waals surface area (Å²) < 4.78 is 11.0. The molecule has 1 fully saturated rings. The summed E-state index contributed by atoms with van der Waals surface area (Å²) in [5.41, 5.74) is 1.40. The lowest BCUT2D eigenvalue weighted by atomic mass is 9.76. The van der Waals surface area contributed by atoms with E-state index in [2.05, 4.69) is 46.3 Å². The van der Waals surface area contributed by atoms with Crippen LogP contribution in [0.3, 0.4) is 0 Å². The first-order valence-corrected chi connectivity index (χ1v) is 8.34. The van der Waals surface area contributed by atoms with Crippen LogP contribution in [0.25, 0.3) is 10.8 Å². The molecule has 0 aromatic heterocycles. The summed E-state index contributed by atoms with van der Waals surface area (Å²) in [5.74, 6) is 0.901. The molecule has 1 aliphatic carbocycles. The van der Waals surface area contributed by atoms with Crippen LogP contribution in [0, 0.1) is 0 Å². The predicted octanol–water partition coefficient (Wildman–Crippen LogP) is 5.24. The summed E-state index contributed by atoms with van der Waals surface area (Å²) in [5, 5.41) is 2.46. The van der Waals surface area contributed by atoms with Gasteiger partial charge in [0.2, 0.25) is 0 Å². The summed E-state index contributed by atoms with van der Waals surface area (Å²) in [6.07, 6.45) is 4.67. The minimum atomic E-state index is 0.0863. The standard InChI is InChI=1S/C18H21BrO2/c1-20-16-7-6-13-10-15(5-4-14(13)11-16)17(19)12-18(21-2)8-3-9-18/h4-7,10-11,17H,3,8-9,12H2,1-2H3. The molecule has 1 unspecified atom stereocenters. The van der Waals surface area contributed by atoms with Crippen molar-refractivity contribution < 1.29 is 9.47 Å². The Morgan fingerprint density at radius 3 is 2.43 bits per heavy atom. The molecule has 1 atom stereocenters. The van der Waals surface area contributed by atoms with Crippen LogP contribution < -0.4 is 4.74 Å². The molecule has 0 bridgehead atoms. The van der Waals surface area contributed by atoms with Crippen molar-refractivity contribution >= 4 is 26.7 Å². The average molecular weight is 349 g/mol. The molecule has 21 heavy (non-hydrogen) atoms. The van der Waals surface area contributed by atoms with E-state index < -0.39 is 0 Å². The molecule has 0 spiro atoms. The summed E-state index contributed by atoms with van der Waals surface area (Å²) >= 11 is 3.85. The highest BCUT2D eigenvalue weighted by atomic mass is 79.9. The highest BCUT2D eigenvalue weighted by Gasteiger charge is 2.38. The van der Waals surface area contributed by atoms with E-state index in [-0.39, 0.29) is 5.60 Å². The van der Waals surface area contributed by atoms with Crippen LogP contribution in [0.1, 0.15) is 36.1 Å². The van der Waals surface area contributed by atoms with Crippen LogP contribution in [-0.4, -0.2) is 19.8 Å². The second-order valence-corrected chi connectivity index (χ2v) is 6.99. The number of benzene rings is 2. The number of ether oxygens (including phenoxy) is 2. The molecule has 3 heteroatoms. The topological polar surface area (TPSA) is 18.5 Å². The quantitative estimate of drug-likeness (QED) is 0.687. The van der Waals surface area contributed by atoms with Gasteiger partial charge in [0.05, 0.1) is 12.7 Å². The number of hydrogen-bond donors (Lipinski definition) is 0. The summed E-state index contributed by atoms with van der Waals surface area (Å²) in [7, 11) is 3.54. The number of halogens is 1. The average Bonchev–Trinajstić information content (AvgIpc) is 2.49. The van der Waals surface area contributed by atoms with E-state index >= 15 is 0 Å². The van der Waals surface area contributed by atoms with Crippen molar-refractivity contribution in [1.82, 2.24) is 0 Å². The second kappa shape index (κ2) is 5.98. The van der Waals surface area contributed by atoms with E-state index in [1.807, 2.05) is 13.2 Å². The molecule has 0 heterocycles. The zero-order chi connectivity index (χ0) is 14.9. The molecule has 1 saturated carbocycles. The second-order valence-electron chi connectivity index (χ2n) is 5.88. The number of alkyl halides is 1. The van der Waals surface area contributed by atoms with Crippen LogP contribution in [-0.2, 0) is 4.74 Å². The van der Waals surface area contributed by atoms with Crippen molar-refractivity contribution in [3.05, 3.63) is 42.0 Å². The van der Waals surface area contributed by atoms with Gasteiger partial charge in [0.1, 0.15) is 5.75 Å². The van der Waals surface area contributed by atoms with Crippen LogP contribution >= 0.6 is 15.9 Å². The Kier molecular flexibility index (Phi) is 4.23. The van der Waals surface area contributed by atoms with Crippen LogP contribution in [0.15, 0.2) is 36.4 Å². The Balaban J connectivity index is 1.83. The van der Waals surface area contributed by atoms with Crippen molar-refractivity contribution in [2.45, 2.75) is 36.1 Å². The Hall–Kier alpha value is -1.06. The Labute approximate surface area is 134 Å². The zero-order valence-corrected chi connectivity index (χ0v) is 14.2. The molecular formula is C18H21BrO2. The first kappa shape index (κ1) is 14.9. The SMILES string of the molecule is COc1ccc2cc(C(Br)CC3(OC)CCC3)ccc2c1. The maximum atomic E-state index is 5.74. The summed E-state index contributed by atoms with van der Waals surface area (Å²) in [6.45, 7) is 0. The number of fused-ring (bicyclic) bond motifs is 1. The minimum Gasteiger partial charge on any atom is -0.497 e. The molecule has 0 N–H and O–H groups in total. The van der Waals surface area contributed by atoms with E-state index in [4.69, 9.17) is 9.47 Å². The third kappa shape index (κ3) is 2.95. The van der Waals surface area contributed by atoms with Crippen molar-refractivity contribution in [3.63, 3.8) is 0 Å². The number of methoxy groups -OCH3 is 2. The molecule has 0 saturated heterocycles. The van der Waals surface area contributed by atoms with Crippen molar-refractivity contribution in [3.8, 4) is 5.75 Å². The van der Waals surface area contributed by atoms with E-state index in [1.54, 1.807) is 7.11 Å². The molecule has 2 aromatic carbocycles. The number of hydrogen-bond acceptors (Lipinski definition) is 2. The first-order chi connectivity index (χ1) is 10.2. The monoisotopic (exact) mass is 348 g/mol. The Bertz CT molecular complexity index is 629. The van der Waals surface area contributed by atoms with Crippen molar-refractivity contribution in [2.24, 2.45) is 0 Å².